The Morgan fingerprint density at radius 3 is 2.40 bits per heavy atom. The Hall–Kier alpha value is -0.930. The molecule has 1 aromatic rings. The molecule has 0 heterocycles. The van der Waals surface area contributed by atoms with Gasteiger partial charge < -0.3 is 9.64 Å². The summed E-state index contributed by atoms with van der Waals surface area (Å²) in [6.07, 6.45) is 0. The number of benzene rings is 1. The van der Waals surface area contributed by atoms with E-state index in [-0.39, 0.29) is 0 Å². The molecule has 1 aromatic carbocycles. The zero-order valence-electron chi connectivity index (χ0n) is 9.49. The average molecular weight is 223 g/mol. The first-order valence-corrected chi connectivity index (χ1v) is 5.39. The highest BCUT2D eigenvalue weighted by Gasteiger charge is 2.01. The second-order valence-corrected chi connectivity index (χ2v) is 4.18. The Morgan fingerprint density at radius 1 is 1.27 bits per heavy atom. The summed E-state index contributed by atoms with van der Waals surface area (Å²) in [5, 5.41) is 0.580. The van der Waals surface area contributed by atoms with E-state index < -0.39 is 0 Å². The second-order valence-electron chi connectivity index (χ2n) is 3.81. The third-order valence-electron chi connectivity index (χ3n) is 2.06. The molecule has 0 atom stereocenters. The number of hydrogen-bond acceptors (Lipinski definition) is 3. The zero-order valence-corrected chi connectivity index (χ0v) is 10.3. The van der Waals surface area contributed by atoms with Crippen LogP contribution < -0.4 is 0 Å². The Morgan fingerprint density at radius 2 is 1.87 bits per heavy atom. The first-order chi connectivity index (χ1) is 7.09. The van der Waals surface area contributed by atoms with Crippen LogP contribution in [0, 0.1) is 6.92 Å². The molecule has 0 radical (unpaired) electrons. The SMILES string of the molecule is Cc1ccc(C(=S)OCCN(C)C)cc1. The predicted octanol–water partition coefficient (Wildman–Crippen LogP) is 2.25. The molecule has 0 bridgehead atoms. The maximum Gasteiger partial charge on any atom is 0.191 e. The summed E-state index contributed by atoms with van der Waals surface area (Å²) in [6, 6.07) is 8.06. The summed E-state index contributed by atoms with van der Waals surface area (Å²) < 4.78 is 5.47. The molecule has 0 amide bonds. The van der Waals surface area contributed by atoms with E-state index >= 15 is 0 Å². The molecule has 0 aliphatic carbocycles. The normalized spacial score (nSPS) is 10.4. The second kappa shape index (κ2) is 5.83. The summed E-state index contributed by atoms with van der Waals surface area (Å²) in [7, 11) is 4.02. The Labute approximate surface area is 96.9 Å². The minimum atomic E-state index is 0.580. The molecule has 3 heteroatoms. The van der Waals surface area contributed by atoms with Gasteiger partial charge in [-0.1, -0.05) is 29.8 Å². The highest BCUT2D eigenvalue weighted by Crippen LogP contribution is 2.05. The lowest BCUT2D eigenvalue weighted by molar-refractivity contribution is 0.257. The van der Waals surface area contributed by atoms with Crippen LogP contribution in [-0.2, 0) is 4.74 Å². The first-order valence-electron chi connectivity index (χ1n) is 4.98. The number of aryl methyl sites for hydroxylation is 1. The molecule has 0 spiro atoms. The van der Waals surface area contributed by atoms with Crippen LogP contribution >= 0.6 is 12.2 Å². The molecular weight excluding hydrogens is 206 g/mol. The van der Waals surface area contributed by atoms with E-state index in [9.17, 15) is 0 Å². The Kier molecular flexibility index (Phi) is 4.72. The summed E-state index contributed by atoms with van der Waals surface area (Å²) in [4.78, 5) is 2.07. The molecule has 0 aliphatic heterocycles. The van der Waals surface area contributed by atoms with E-state index in [2.05, 4.69) is 11.8 Å². The van der Waals surface area contributed by atoms with Gasteiger partial charge in [0.2, 0.25) is 0 Å². The lowest BCUT2D eigenvalue weighted by Gasteiger charge is -2.11. The van der Waals surface area contributed by atoms with Crippen molar-refractivity contribution < 1.29 is 4.74 Å². The fourth-order valence-corrected chi connectivity index (χ4v) is 1.31. The van der Waals surface area contributed by atoms with Crippen molar-refractivity contribution in [2.45, 2.75) is 6.92 Å². The average Bonchev–Trinajstić information content (AvgIpc) is 2.18. The highest BCUT2D eigenvalue weighted by atomic mass is 32.1. The molecule has 0 aromatic heterocycles. The van der Waals surface area contributed by atoms with E-state index in [1.165, 1.54) is 5.56 Å². The van der Waals surface area contributed by atoms with E-state index in [0.717, 1.165) is 12.1 Å². The van der Waals surface area contributed by atoms with Crippen molar-refractivity contribution in [3.8, 4) is 0 Å². The number of thiocarbonyl (C=S) groups is 1. The predicted molar refractivity (Wildman–Crippen MR) is 67.4 cm³/mol. The quantitative estimate of drug-likeness (QED) is 0.726. The van der Waals surface area contributed by atoms with Gasteiger partial charge in [-0.25, -0.2) is 0 Å². The maximum atomic E-state index is 5.47. The molecule has 0 N–H and O–H groups in total. The molecule has 0 unspecified atom stereocenters. The molecule has 2 nitrogen and oxygen atoms in total. The highest BCUT2D eigenvalue weighted by molar-refractivity contribution is 7.80. The van der Waals surface area contributed by atoms with Gasteiger partial charge in [-0.05, 0) is 33.2 Å². The van der Waals surface area contributed by atoms with Crippen LogP contribution in [0.15, 0.2) is 24.3 Å². The van der Waals surface area contributed by atoms with E-state index in [1.54, 1.807) is 0 Å². The monoisotopic (exact) mass is 223 g/mol. The lowest BCUT2D eigenvalue weighted by Crippen LogP contribution is -2.19. The van der Waals surface area contributed by atoms with Gasteiger partial charge in [0.1, 0.15) is 6.61 Å². The van der Waals surface area contributed by atoms with Crippen molar-refractivity contribution in [3.63, 3.8) is 0 Å². The number of ether oxygens (including phenoxy) is 1. The van der Waals surface area contributed by atoms with Crippen molar-refractivity contribution in [1.29, 1.82) is 0 Å². The smallest absolute Gasteiger partial charge is 0.191 e. The third kappa shape index (κ3) is 4.40. The van der Waals surface area contributed by atoms with Crippen LogP contribution in [0.2, 0.25) is 0 Å². The standard InChI is InChI=1S/C12H17NOS/c1-10-4-6-11(7-5-10)12(15)14-9-8-13(2)3/h4-7H,8-9H2,1-3H3. The Balaban J connectivity index is 2.43. The van der Waals surface area contributed by atoms with Gasteiger partial charge in [0.15, 0.2) is 5.05 Å². The van der Waals surface area contributed by atoms with Crippen molar-refractivity contribution in [3.05, 3.63) is 35.4 Å². The van der Waals surface area contributed by atoms with Crippen molar-refractivity contribution >= 4 is 17.3 Å². The molecule has 15 heavy (non-hydrogen) atoms. The van der Waals surface area contributed by atoms with Gasteiger partial charge in [-0.3, -0.25) is 0 Å². The lowest BCUT2D eigenvalue weighted by atomic mass is 10.2. The summed E-state index contributed by atoms with van der Waals surface area (Å²) >= 11 is 5.18. The van der Waals surface area contributed by atoms with Crippen molar-refractivity contribution in [2.75, 3.05) is 27.2 Å². The zero-order chi connectivity index (χ0) is 11.3. The summed E-state index contributed by atoms with van der Waals surface area (Å²) in [6.45, 7) is 3.57. The number of likely N-dealkylation sites (N-methyl/N-ethyl adjacent to an activating group) is 1. The van der Waals surface area contributed by atoms with E-state index in [0.29, 0.717) is 11.7 Å². The van der Waals surface area contributed by atoms with Gasteiger partial charge in [0.25, 0.3) is 0 Å². The fourth-order valence-electron chi connectivity index (χ4n) is 1.09. The van der Waals surface area contributed by atoms with Crippen LogP contribution in [0.5, 0.6) is 0 Å². The molecule has 82 valence electrons. The van der Waals surface area contributed by atoms with Crippen LogP contribution in [-0.4, -0.2) is 37.2 Å². The van der Waals surface area contributed by atoms with Gasteiger partial charge >= 0.3 is 0 Å². The van der Waals surface area contributed by atoms with E-state index in [4.69, 9.17) is 17.0 Å². The number of rotatable bonds is 4. The molecular formula is C12H17NOS. The first kappa shape index (κ1) is 12.1. The largest absolute Gasteiger partial charge is 0.482 e. The third-order valence-corrected chi connectivity index (χ3v) is 2.41. The summed E-state index contributed by atoms with van der Waals surface area (Å²) in [5.74, 6) is 0. The topological polar surface area (TPSA) is 12.5 Å². The fraction of sp³-hybridized carbons (Fsp3) is 0.417. The number of hydrogen-bond donors (Lipinski definition) is 0. The molecule has 0 fully saturated rings. The Bertz CT molecular complexity index is 319. The van der Waals surface area contributed by atoms with Gasteiger partial charge in [0.05, 0.1) is 0 Å². The number of nitrogens with zero attached hydrogens (tertiary/aromatic N) is 1. The molecule has 0 saturated carbocycles. The van der Waals surface area contributed by atoms with Gasteiger partial charge in [-0.2, -0.15) is 0 Å². The van der Waals surface area contributed by atoms with E-state index in [1.807, 2.05) is 38.4 Å². The summed E-state index contributed by atoms with van der Waals surface area (Å²) in [5.41, 5.74) is 2.21. The van der Waals surface area contributed by atoms with Crippen LogP contribution in [0.25, 0.3) is 0 Å². The van der Waals surface area contributed by atoms with Crippen LogP contribution in [0.1, 0.15) is 11.1 Å². The van der Waals surface area contributed by atoms with Crippen molar-refractivity contribution in [1.82, 2.24) is 4.90 Å². The molecule has 1 rings (SSSR count). The van der Waals surface area contributed by atoms with Crippen molar-refractivity contribution in [2.24, 2.45) is 0 Å². The van der Waals surface area contributed by atoms with Gasteiger partial charge in [-0.15, -0.1) is 0 Å². The molecule has 0 saturated heterocycles. The minimum Gasteiger partial charge on any atom is -0.482 e. The van der Waals surface area contributed by atoms with Crippen LogP contribution in [0.3, 0.4) is 0 Å². The maximum absolute atomic E-state index is 5.47. The van der Waals surface area contributed by atoms with Gasteiger partial charge in [0, 0.05) is 12.1 Å². The van der Waals surface area contributed by atoms with Crippen LogP contribution in [0.4, 0.5) is 0 Å². The minimum absolute atomic E-state index is 0.580. The molecule has 0 aliphatic rings.